The van der Waals surface area contributed by atoms with Crippen molar-refractivity contribution in [2.24, 2.45) is 0 Å². The van der Waals surface area contributed by atoms with Crippen molar-refractivity contribution in [2.45, 2.75) is 56.3 Å². The van der Waals surface area contributed by atoms with Crippen molar-refractivity contribution >= 4 is 18.0 Å². The lowest BCUT2D eigenvalue weighted by Gasteiger charge is -2.28. The molecular weight excluding hydrogens is 436 g/mol. The number of nitrogens with zero attached hydrogens (tertiary/aromatic N) is 1. The van der Waals surface area contributed by atoms with Gasteiger partial charge in [0, 0.05) is 31.4 Å². The summed E-state index contributed by atoms with van der Waals surface area (Å²) in [6.07, 6.45) is 0.113. The molecule has 0 saturated carbocycles. The number of hydrogen-bond donors (Lipinski definition) is 2. The van der Waals surface area contributed by atoms with Gasteiger partial charge in [0.25, 0.3) is 0 Å². The van der Waals surface area contributed by atoms with Gasteiger partial charge in [-0.3, -0.25) is 4.79 Å². The van der Waals surface area contributed by atoms with Crippen molar-refractivity contribution < 1.29 is 29.0 Å². The molecule has 5 rings (SSSR count). The number of alkyl carbamates (subject to hydrolysis) is 1. The lowest BCUT2D eigenvalue weighted by atomic mass is 9.98. The third-order valence-electron chi connectivity index (χ3n) is 7.09. The van der Waals surface area contributed by atoms with Gasteiger partial charge in [-0.05, 0) is 35.6 Å². The van der Waals surface area contributed by atoms with Crippen LogP contribution in [0.4, 0.5) is 4.79 Å². The second-order valence-electron chi connectivity index (χ2n) is 9.23. The number of hydrogen-bond acceptors (Lipinski definition) is 5. The lowest BCUT2D eigenvalue weighted by Crippen LogP contribution is -2.47. The van der Waals surface area contributed by atoms with Gasteiger partial charge in [-0.15, -0.1) is 0 Å². The van der Waals surface area contributed by atoms with E-state index in [9.17, 15) is 19.5 Å². The van der Waals surface area contributed by atoms with Crippen molar-refractivity contribution in [2.75, 3.05) is 13.2 Å². The molecule has 2 aliphatic heterocycles. The molecule has 3 aliphatic rings. The summed E-state index contributed by atoms with van der Waals surface area (Å²) in [5, 5.41) is 12.3. The van der Waals surface area contributed by atoms with Gasteiger partial charge in [-0.2, -0.15) is 0 Å². The molecular formula is C26H28N2O6. The van der Waals surface area contributed by atoms with Gasteiger partial charge in [0.1, 0.15) is 12.6 Å². The maximum atomic E-state index is 13.0. The quantitative estimate of drug-likeness (QED) is 0.681. The van der Waals surface area contributed by atoms with E-state index in [4.69, 9.17) is 9.47 Å². The fraction of sp³-hybridized carbons (Fsp3) is 0.423. The first-order valence-electron chi connectivity index (χ1n) is 11.7. The summed E-state index contributed by atoms with van der Waals surface area (Å²) in [6.45, 7) is 2.43. The number of ether oxygens (including phenoxy) is 2. The summed E-state index contributed by atoms with van der Waals surface area (Å²) in [7, 11) is 0. The monoisotopic (exact) mass is 464 g/mol. The predicted molar refractivity (Wildman–Crippen MR) is 123 cm³/mol. The Hall–Kier alpha value is -3.39. The van der Waals surface area contributed by atoms with E-state index in [0.29, 0.717) is 19.4 Å². The molecule has 2 N–H and O–H groups in total. The predicted octanol–water partition coefficient (Wildman–Crippen LogP) is 3.15. The normalized spacial score (nSPS) is 23.7. The molecule has 2 amide bonds. The number of fused-ring (bicyclic) bond motifs is 4. The summed E-state index contributed by atoms with van der Waals surface area (Å²) in [5.74, 6) is -1.37. The second-order valence-corrected chi connectivity index (χ2v) is 9.23. The smallest absolute Gasteiger partial charge is 0.407 e. The topological polar surface area (TPSA) is 105 Å². The molecule has 2 fully saturated rings. The Morgan fingerprint density at radius 1 is 1.12 bits per heavy atom. The molecule has 2 heterocycles. The maximum Gasteiger partial charge on any atom is 0.407 e. The van der Waals surface area contributed by atoms with Gasteiger partial charge >= 0.3 is 12.1 Å². The van der Waals surface area contributed by atoms with Crippen molar-refractivity contribution in [3.8, 4) is 11.1 Å². The molecule has 178 valence electrons. The molecule has 34 heavy (non-hydrogen) atoms. The van der Waals surface area contributed by atoms with Gasteiger partial charge in [0.15, 0.2) is 0 Å². The van der Waals surface area contributed by atoms with E-state index in [-0.39, 0.29) is 37.0 Å². The van der Waals surface area contributed by atoms with Crippen LogP contribution in [0.2, 0.25) is 0 Å². The van der Waals surface area contributed by atoms with E-state index in [1.54, 1.807) is 6.92 Å². The molecule has 4 atom stereocenters. The summed E-state index contributed by atoms with van der Waals surface area (Å²) >= 11 is 0. The Balaban J connectivity index is 1.18. The van der Waals surface area contributed by atoms with E-state index in [2.05, 4.69) is 29.6 Å². The number of nitrogens with one attached hydrogen (secondary N) is 1. The van der Waals surface area contributed by atoms with Crippen LogP contribution in [0.3, 0.4) is 0 Å². The average Bonchev–Trinajstić information content (AvgIpc) is 3.49. The molecule has 1 aliphatic carbocycles. The maximum absolute atomic E-state index is 13.0. The number of carboxylic acid groups (broad SMARTS) is 1. The summed E-state index contributed by atoms with van der Waals surface area (Å²) in [4.78, 5) is 38.6. The fourth-order valence-corrected chi connectivity index (χ4v) is 5.58. The minimum Gasteiger partial charge on any atom is -0.480 e. The van der Waals surface area contributed by atoms with Crippen LogP contribution < -0.4 is 5.32 Å². The molecule has 0 radical (unpaired) electrons. The Bertz CT molecular complexity index is 1070. The van der Waals surface area contributed by atoms with E-state index >= 15 is 0 Å². The molecule has 0 spiro atoms. The minimum absolute atomic E-state index is 0.00278. The largest absolute Gasteiger partial charge is 0.480 e. The second kappa shape index (κ2) is 9.10. The van der Waals surface area contributed by atoms with Gasteiger partial charge in [0.2, 0.25) is 5.91 Å². The van der Waals surface area contributed by atoms with Crippen molar-refractivity contribution in [3.05, 3.63) is 59.7 Å². The van der Waals surface area contributed by atoms with Crippen LogP contribution in [-0.2, 0) is 19.1 Å². The van der Waals surface area contributed by atoms with Crippen LogP contribution in [0.25, 0.3) is 11.1 Å². The van der Waals surface area contributed by atoms with Gasteiger partial charge in [0.05, 0.1) is 12.1 Å². The van der Waals surface area contributed by atoms with E-state index in [1.807, 2.05) is 24.3 Å². The number of rotatable bonds is 6. The molecule has 2 aromatic carbocycles. The van der Waals surface area contributed by atoms with Crippen LogP contribution >= 0.6 is 0 Å². The number of amides is 2. The lowest BCUT2D eigenvalue weighted by molar-refractivity contribution is -0.149. The minimum atomic E-state index is -1.02. The summed E-state index contributed by atoms with van der Waals surface area (Å²) in [5.41, 5.74) is 4.56. The van der Waals surface area contributed by atoms with Crippen LogP contribution in [0.1, 0.15) is 43.2 Å². The highest BCUT2D eigenvalue weighted by Gasteiger charge is 2.49. The zero-order chi connectivity index (χ0) is 23.8. The van der Waals surface area contributed by atoms with Gasteiger partial charge in [-0.25, -0.2) is 9.59 Å². The highest BCUT2D eigenvalue weighted by molar-refractivity contribution is 5.85. The van der Waals surface area contributed by atoms with Gasteiger partial charge < -0.3 is 24.8 Å². The molecule has 0 aromatic heterocycles. The Kier molecular flexibility index (Phi) is 6.00. The molecule has 0 bridgehead atoms. The third-order valence-corrected chi connectivity index (χ3v) is 7.09. The van der Waals surface area contributed by atoms with Crippen molar-refractivity contribution in [1.29, 1.82) is 0 Å². The first-order valence-corrected chi connectivity index (χ1v) is 11.7. The number of carbonyl (C=O) groups excluding carboxylic acids is 2. The zero-order valence-corrected chi connectivity index (χ0v) is 19.0. The number of carboxylic acids is 1. The average molecular weight is 465 g/mol. The molecule has 2 saturated heterocycles. The third kappa shape index (κ3) is 4.03. The number of aliphatic carboxylic acids is 1. The Morgan fingerprint density at radius 3 is 2.41 bits per heavy atom. The SMILES string of the molecule is C[C@@H](CC(=O)N1C(C(=O)O)C[C@@H]2OCC[C@@H]21)NC(=O)OCC1c2ccccc2-c2ccccc21. The Labute approximate surface area is 197 Å². The zero-order valence-electron chi connectivity index (χ0n) is 19.0. The summed E-state index contributed by atoms with van der Waals surface area (Å²) < 4.78 is 11.1. The van der Waals surface area contributed by atoms with Crippen LogP contribution in [0.5, 0.6) is 0 Å². The van der Waals surface area contributed by atoms with E-state index < -0.39 is 24.1 Å². The molecule has 8 nitrogen and oxygen atoms in total. The standard InChI is InChI=1S/C26H28N2O6/c1-15(12-24(29)28-21-10-11-33-23(21)13-22(28)25(30)31)27-26(32)34-14-20-18-8-4-2-6-16(18)17-7-3-5-9-19(17)20/h2-9,15,20-23H,10-14H2,1H3,(H,27,32)(H,30,31)/t15-,21-,22?,23-/m0/s1. The molecule has 2 aromatic rings. The van der Waals surface area contributed by atoms with Crippen LogP contribution in [0.15, 0.2) is 48.5 Å². The molecule has 1 unspecified atom stereocenters. The van der Waals surface area contributed by atoms with Crippen LogP contribution in [0, 0.1) is 0 Å². The van der Waals surface area contributed by atoms with Crippen molar-refractivity contribution in [1.82, 2.24) is 10.2 Å². The summed E-state index contributed by atoms with van der Waals surface area (Å²) in [6, 6.07) is 14.6. The Morgan fingerprint density at radius 2 is 1.76 bits per heavy atom. The van der Waals surface area contributed by atoms with E-state index in [0.717, 1.165) is 22.3 Å². The van der Waals surface area contributed by atoms with Gasteiger partial charge in [-0.1, -0.05) is 48.5 Å². The van der Waals surface area contributed by atoms with Crippen molar-refractivity contribution in [3.63, 3.8) is 0 Å². The fourth-order valence-electron chi connectivity index (χ4n) is 5.58. The number of benzene rings is 2. The number of likely N-dealkylation sites (tertiary alicyclic amines) is 1. The van der Waals surface area contributed by atoms with E-state index in [1.165, 1.54) is 4.90 Å². The first-order chi connectivity index (χ1) is 16.4. The number of carbonyl (C=O) groups is 3. The first kappa shape index (κ1) is 22.4. The molecule has 8 heteroatoms. The highest BCUT2D eigenvalue weighted by atomic mass is 16.5. The highest BCUT2D eigenvalue weighted by Crippen LogP contribution is 2.44. The van der Waals surface area contributed by atoms with Crippen LogP contribution in [-0.4, -0.2) is 65.4 Å².